The van der Waals surface area contributed by atoms with Crippen molar-refractivity contribution in [2.24, 2.45) is 17.2 Å². The topological polar surface area (TPSA) is 275 Å². The first-order valence-corrected chi connectivity index (χ1v) is 11.2. The summed E-state index contributed by atoms with van der Waals surface area (Å²) in [4.78, 5) is 0. The zero-order valence-corrected chi connectivity index (χ0v) is 19.1. The Balaban J connectivity index is 1.72. The van der Waals surface area contributed by atoms with Crippen LogP contribution in [0.2, 0.25) is 0 Å². The van der Waals surface area contributed by atoms with E-state index in [2.05, 4.69) is 0 Å². The average Bonchev–Trinajstić information content (AvgIpc) is 2.86. The van der Waals surface area contributed by atoms with Crippen LogP contribution in [0.15, 0.2) is 0 Å². The number of ether oxygens (including phenoxy) is 6. The second kappa shape index (κ2) is 12.3. The minimum Gasteiger partial charge on any atom is -0.394 e. The van der Waals surface area contributed by atoms with E-state index in [0.29, 0.717) is 0 Å². The molecule has 0 spiro atoms. The van der Waals surface area contributed by atoms with Crippen molar-refractivity contribution in [3.63, 3.8) is 0 Å². The monoisotopic (exact) mass is 515 g/mol. The third-order valence-electron chi connectivity index (χ3n) is 6.54. The minimum absolute atomic E-state index is 0.564. The Kier molecular flexibility index (Phi) is 10.1. The SMILES string of the molecule is CO[C@H]1OC(CO)[C@@H](OC2OC(CO)C(O[C@H]3OC(CO)[C@@H](O)C(O)[C@@H]3N)[C@H](O)[C@H]2N)C(O)[C@@H]1N. The van der Waals surface area contributed by atoms with Crippen LogP contribution in [0.4, 0.5) is 0 Å². The van der Waals surface area contributed by atoms with Crippen molar-refractivity contribution in [2.75, 3.05) is 26.9 Å². The molecular formula is C19H37N3O13. The van der Waals surface area contributed by atoms with Gasteiger partial charge in [-0.15, -0.1) is 0 Å². The van der Waals surface area contributed by atoms with E-state index in [4.69, 9.17) is 45.6 Å². The van der Waals surface area contributed by atoms with E-state index in [1.54, 1.807) is 0 Å². The van der Waals surface area contributed by atoms with E-state index < -0.39 is 112 Å². The first-order valence-electron chi connectivity index (χ1n) is 11.2. The molecule has 0 bridgehead atoms. The summed E-state index contributed by atoms with van der Waals surface area (Å²) in [6.45, 7) is -1.88. The van der Waals surface area contributed by atoms with Gasteiger partial charge in [0, 0.05) is 7.11 Å². The van der Waals surface area contributed by atoms with Crippen molar-refractivity contribution in [1.29, 1.82) is 0 Å². The second-order valence-electron chi connectivity index (χ2n) is 8.81. The van der Waals surface area contributed by atoms with Gasteiger partial charge in [0.15, 0.2) is 18.9 Å². The highest BCUT2D eigenvalue weighted by Crippen LogP contribution is 2.31. The number of aliphatic hydroxyl groups excluding tert-OH is 7. The summed E-state index contributed by atoms with van der Waals surface area (Å²) in [5, 5.41) is 70.4. The maximum Gasteiger partial charge on any atom is 0.176 e. The van der Waals surface area contributed by atoms with Crippen molar-refractivity contribution in [3.8, 4) is 0 Å². The van der Waals surface area contributed by atoms with Gasteiger partial charge in [-0.25, -0.2) is 0 Å². The molecule has 0 radical (unpaired) electrons. The smallest absolute Gasteiger partial charge is 0.176 e. The van der Waals surface area contributed by atoms with Crippen LogP contribution < -0.4 is 17.2 Å². The fourth-order valence-electron chi connectivity index (χ4n) is 4.38. The number of hydrogen-bond acceptors (Lipinski definition) is 16. The van der Waals surface area contributed by atoms with Gasteiger partial charge in [-0.2, -0.15) is 0 Å². The molecule has 3 saturated heterocycles. The average molecular weight is 516 g/mol. The van der Waals surface area contributed by atoms with Gasteiger partial charge in [0.25, 0.3) is 0 Å². The van der Waals surface area contributed by atoms with Crippen LogP contribution in [0.1, 0.15) is 0 Å². The van der Waals surface area contributed by atoms with Crippen LogP contribution in [0.25, 0.3) is 0 Å². The summed E-state index contributed by atoms with van der Waals surface area (Å²) in [5.41, 5.74) is 17.9. The Bertz CT molecular complexity index is 661. The van der Waals surface area contributed by atoms with E-state index in [-0.39, 0.29) is 0 Å². The van der Waals surface area contributed by atoms with Gasteiger partial charge in [-0.1, -0.05) is 0 Å². The fraction of sp³-hybridized carbons (Fsp3) is 1.00. The van der Waals surface area contributed by atoms with Crippen molar-refractivity contribution in [2.45, 2.75) is 91.9 Å². The third-order valence-corrected chi connectivity index (χ3v) is 6.54. The lowest BCUT2D eigenvalue weighted by molar-refractivity contribution is -0.349. The number of rotatable bonds is 8. The Morgan fingerprint density at radius 2 is 0.943 bits per heavy atom. The van der Waals surface area contributed by atoms with E-state index in [1.165, 1.54) is 7.11 Å². The summed E-state index contributed by atoms with van der Waals surface area (Å²) < 4.78 is 33.1. The first kappa shape index (κ1) is 28.9. The quantitative estimate of drug-likeness (QED) is 0.144. The first-order chi connectivity index (χ1) is 16.6. The molecule has 3 aliphatic rings. The van der Waals surface area contributed by atoms with E-state index in [1.807, 2.05) is 0 Å². The molecule has 3 heterocycles. The molecule has 3 aliphatic heterocycles. The Morgan fingerprint density at radius 1 is 0.571 bits per heavy atom. The highest BCUT2D eigenvalue weighted by molar-refractivity contribution is 4.98. The molecule has 0 aromatic heterocycles. The molecule has 0 aromatic carbocycles. The normalized spacial score (nSPS) is 51.3. The molecule has 16 heteroatoms. The Labute approximate surface area is 201 Å². The van der Waals surface area contributed by atoms with Gasteiger partial charge in [0.2, 0.25) is 0 Å². The van der Waals surface area contributed by atoms with Gasteiger partial charge in [-0.05, 0) is 0 Å². The Hall–Kier alpha value is -0.640. The van der Waals surface area contributed by atoms with Crippen LogP contribution in [0.5, 0.6) is 0 Å². The summed E-state index contributed by atoms with van der Waals surface area (Å²) in [7, 11) is 1.32. The fourth-order valence-corrected chi connectivity index (χ4v) is 4.38. The molecule has 3 rings (SSSR count). The molecule has 0 aromatic rings. The number of methoxy groups -OCH3 is 1. The molecular weight excluding hydrogens is 478 g/mol. The summed E-state index contributed by atoms with van der Waals surface area (Å²) >= 11 is 0. The number of aliphatic hydroxyl groups is 7. The summed E-state index contributed by atoms with van der Waals surface area (Å²) in [6, 6.07) is -3.59. The van der Waals surface area contributed by atoms with Crippen molar-refractivity contribution >= 4 is 0 Å². The van der Waals surface area contributed by atoms with Crippen LogP contribution in [-0.4, -0.2) is 155 Å². The molecule has 0 amide bonds. The molecule has 0 aliphatic carbocycles. The lowest BCUT2D eigenvalue weighted by Crippen LogP contribution is -2.69. The zero-order chi connectivity index (χ0) is 26.0. The van der Waals surface area contributed by atoms with Crippen molar-refractivity contribution < 1.29 is 64.2 Å². The summed E-state index contributed by atoms with van der Waals surface area (Å²) in [5.74, 6) is 0. The van der Waals surface area contributed by atoms with Gasteiger partial charge in [0.05, 0.1) is 37.9 Å². The number of hydrogen-bond donors (Lipinski definition) is 10. The number of nitrogens with two attached hydrogens (primary N) is 3. The molecule has 13 N–H and O–H groups in total. The largest absolute Gasteiger partial charge is 0.394 e. The van der Waals surface area contributed by atoms with E-state index >= 15 is 0 Å². The molecule has 35 heavy (non-hydrogen) atoms. The van der Waals surface area contributed by atoms with Gasteiger partial charge < -0.3 is 81.4 Å². The predicted octanol–water partition coefficient (Wildman–Crippen LogP) is -7.02. The second-order valence-corrected chi connectivity index (χ2v) is 8.81. The van der Waals surface area contributed by atoms with Gasteiger partial charge in [0.1, 0.15) is 54.9 Å². The molecule has 206 valence electrons. The maximum absolute atomic E-state index is 10.9. The van der Waals surface area contributed by atoms with E-state index in [9.17, 15) is 35.7 Å². The van der Waals surface area contributed by atoms with Crippen LogP contribution in [0, 0.1) is 0 Å². The summed E-state index contributed by atoms with van der Waals surface area (Å²) in [6.07, 6.45) is -15.7. The lowest BCUT2D eigenvalue weighted by Gasteiger charge is -2.48. The lowest BCUT2D eigenvalue weighted by atomic mass is 9.94. The minimum atomic E-state index is -1.53. The highest BCUT2D eigenvalue weighted by Gasteiger charge is 2.52. The molecule has 15 atom stereocenters. The van der Waals surface area contributed by atoms with Crippen molar-refractivity contribution in [3.05, 3.63) is 0 Å². The standard InChI is InChI=1S/C19H37N3O13/c1-30-17-9(21)13(28)15(6(3-24)32-17)35-19-10(22)14(29)16(7(4-25)33-19)34-18-8(20)12(27)11(26)5(2-23)31-18/h5-19,23-29H,2-4,20-22H2,1H3/t5?,6?,7?,8-,9-,10+,11+,12?,13?,14+,15+,16?,17-,18+,19?/m0/s1. The zero-order valence-electron chi connectivity index (χ0n) is 19.1. The van der Waals surface area contributed by atoms with E-state index in [0.717, 1.165) is 0 Å². The van der Waals surface area contributed by atoms with Crippen LogP contribution in [0.3, 0.4) is 0 Å². The molecule has 3 fully saturated rings. The predicted molar refractivity (Wildman–Crippen MR) is 112 cm³/mol. The maximum atomic E-state index is 10.9. The van der Waals surface area contributed by atoms with Crippen LogP contribution in [-0.2, 0) is 28.4 Å². The van der Waals surface area contributed by atoms with Gasteiger partial charge >= 0.3 is 0 Å². The van der Waals surface area contributed by atoms with Crippen molar-refractivity contribution in [1.82, 2.24) is 0 Å². The van der Waals surface area contributed by atoms with Gasteiger partial charge in [-0.3, -0.25) is 0 Å². The third kappa shape index (κ3) is 5.78. The molecule has 0 saturated carbocycles. The Morgan fingerprint density at radius 3 is 1.37 bits per heavy atom. The molecule has 16 nitrogen and oxygen atoms in total. The highest BCUT2D eigenvalue weighted by atomic mass is 16.7. The van der Waals surface area contributed by atoms with Crippen LogP contribution >= 0.6 is 0 Å². The molecule has 7 unspecified atom stereocenters.